The lowest BCUT2D eigenvalue weighted by Crippen LogP contribution is -2.32. The molecule has 2 aromatic carbocycles. The molecule has 0 saturated heterocycles. The minimum absolute atomic E-state index is 0.00521. The molecule has 6 heteroatoms. The summed E-state index contributed by atoms with van der Waals surface area (Å²) in [6.07, 6.45) is 0.833. The van der Waals surface area contributed by atoms with Gasteiger partial charge in [0.15, 0.2) is 0 Å². The van der Waals surface area contributed by atoms with Crippen LogP contribution in [-0.2, 0) is 16.0 Å². The summed E-state index contributed by atoms with van der Waals surface area (Å²) in [5.41, 5.74) is 4.03. The van der Waals surface area contributed by atoms with E-state index in [0.29, 0.717) is 23.8 Å². The fraction of sp³-hybridized carbons (Fsp3) is 0.444. The minimum Gasteiger partial charge on any atom is -0.481 e. The number of hydrogen-bond donors (Lipinski definition) is 2. The lowest BCUT2D eigenvalue weighted by molar-refractivity contribution is -0.138. The van der Waals surface area contributed by atoms with Gasteiger partial charge in [-0.3, -0.25) is 9.59 Å². The summed E-state index contributed by atoms with van der Waals surface area (Å²) in [4.78, 5) is 26.6. The van der Waals surface area contributed by atoms with Gasteiger partial charge >= 0.3 is 5.97 Å². The van der Waals surface area contributed by atoms with E-state index in [4.69, 9.17) is 5.26 Å². The number of amides is 1. The molecule has 0 heterocycles. The summed E-state index contributed by atoms with van der Waals surface area (Å²) in [6, 6.07) is 15.1. The van der Waals surface area contributed by atoms with Crippen molar-refractivity contribution in [3.8, 4) is 6.07 Å². The van der Waals surface area contributed by atoms with Crippen molar-refractivity contribution in [2.24, 2.45) is 17.8 Å². The van der Waals surface area contributed by atoms with Crippen molar-refractivity contribution in [1.82, 2.24) is 0 Å². The number of benzene rings is 2. The zero-order chi connectivity index (χ0) is 24.1. The number of carbonyl (C=O) groups is 2. The number of carboxylic acids is 1. The second-order valence-corrected chi connectivity index (χ2v) is 9.79. The number of anilines is 2. The van der Waals surface area contributed by atoms with Gasteiger partial charge < -0.3 is 15.3 Å². The van der Waals surface area contributed by atoms with Crippen LogP contribution >= 0.6 is 0 Å². The molecule has 1 fully saturated rings. The molecule has 1 saturated carbocycles. The molecular weight excluding hydrogens is 414 g/mol. The van der Waals surface area contributed by atoms with Crippen LogP contribution in [0.1, 0.15) is 56.7 Å². The van der Waals surface area contributed by atoms with Gasteiger partial charge in [-0.1, -0.05) is 45.9 Å². The van der Waals surface area contributed by atoms with Gasteiger partial charge in [0.2, 0.25) is 5.91 Å². The Morgan fingerprint density at radius 3 is 2.24 bits per heavy atom. The van der Waals surface area contributed by atoms with Crippen molar-refractivity contribution in [2.75, 3.05) is 23.3 Å². The van der Waals surface area contributed by atoms with Gasteiger partial charge in [-0.2, -0.15) is 5.26 Å². The number of hydrogen-bond acceptors (Lipinski definition) is 4. The smallest absolute Gasteiger partial charge is 0.307 e. The van der Waals surface area contributed by atoms with Crippen LogP contribution in [0.2, 0.25) is 0 Å². The molecule has 0 spiro atoms. The maximum atomic E-state index is 12.9. The van der Waals surface area contributed by atoms with E-state index in [1.165, 1.54) is 0 Å². The Bertz CT molecular complexity index is 1030. The summed E-state index contributed by atoms with van der Waals surface area (Å²) in [7, 11) is 0. The van der Waals surface area contributed by atoms with Crippen LogP contribution < -0.4 is 10.2 Å². The highest BCUT2D eigenvalue weighted by Crippen LogP contribution is 2.49. The van der Waals surface area contributed by atoms with E-state index >= 15 is 0 Å². The number of nitrogens with zero attached hydrogens (tertiary/aromatic N) is 2. The molecule has 0 bridgehead atoms. The van der Waals surface area contributed by atoms with Crippen molar-refractivity contribution in [3.63, 3.8) is 0 Å². The van der Waals surface area contributed by atoms with E-state index in [9.17, 15) is 14.7 Å². The molecule has 33 heavy (non-hydrogen) atoms. The molecule has 2 aromatic rings. The van der Waals surface area contributed by atoms with E-state index in [2.05, 4.69) is 44.0 Å². The molecule has 0 aromatic heterocycles. The summed E-state index contributed by atoms with van der Waals surface area (Å²) in [5.74, 6) is -0.361. The van der Waals surface area contributed by atoms with Crippen LogP contribution in [0.3, 0.4) is 0 Å². The van der Waals surface area contributed by atoms with E-state index < -0.39 is 5.97 Å². The van der Waals surface area contributed by atoms with Gasteiger partial charge in [-0.15, -0.1) is 0 Å². The molecule has 2 N–H and O–H groups in total. The lowest BCUT2D eigenvalue weighted by atomic mass is 10.0. The lowest BCUT2D eigenvalue weighted by Gasteiger charge is -2.31. The first kappa shape index (κ1) is 24.3. The van der Waals surface area contributed by atoms with Crippen LogP contribution in [-0.4, -0.2) is 30.1 Å². The zero-order valence-electron chi connectivity index (χ0n) is 19.8. The van der Waals surface area contributed by atoms with Crippen LogP contribution in [0.25, 0.3) is 0 Å². The molecule has 174 valence electrons. The maximum absolute atomic E-state index is 12.9. The Hall–Kier alpha value is -3.33. The number of rotatable bonds is 10. The summed E-state index contributed by atoms with van der Waals surface area (Å²) in [6.45, 7) is 10.4. The molecule has 1 amide bonds. The van der Waals surface area contributed by atoms with Crippen LogP contribution in [0.4, 0.5) is 11.4 Å². The van der Waals surface area contributed by atoms with Gasteiger partial charge in [-0.25, -0.2) is 0 Å². The third-order valence-electron chi connectivity index (χ3n) is 5.79. The Morgan fingerprint density at radius 1 is 1.09 bits per heavy atom. The fourth-order valence-corrected chi connectivity index (χ4v) is 4.23. The number of nitriles is 1. The molecule has 0 radical (unpaired) electrons. The fourth-order valence-electron chi connectivity index (χ4n) is 4.23. The molecule has 2 unspecified atom stereocenters. The Morgan fingerprint density at radius 2 is 1.73 bits per heavy atom. The first-order valence-corrected chi connectivity index (χ1v) is 11.6. The summed E-state index contributed by atoms with van der Waals surface area (Å²) >= 11 is 0. The first-order chi connectivity index (χ1) is 15.7. The molecule has 6 nitrogen and oxygen atoms in total. The molecule has 3 rings (SSSR count). The largest absolute Gasteiger partial charge is 0.481 e. The van der Waals surface area contributed by atoms with E-state index in [-0.39, 0.29) is 24.2 Å². The zero-order valence-corrected chi connectivity index (χ0v) is 19.8. The number of carbonyl (C=O) groups excluding carboxylic acids is 1. The first-order valence-electron chi connectivity index (χ1n) is 11.6. The van der Waals surface area contributed by atoms with Crippen molar-refractivity contribution in [2.45, 2.75) is 46.5 Å². The second kappa shape index (κ2) is 10.5. The number of carboxylic acid groups (broad SMARTS) is 1. The normalized spacial score (nSPS) is 17.0. The van der Waals surface area contributed by atoms with E-state index in [1.54, 1.807) is 24.3 Å². The van der Waals surface area contributed by atoms with Crippen molar-refractivity contribution < 1.29 is 14.7 Å². The van der Waals surface area contributed by atoms with Gasteiger partial charge in [0.25, 0.3) is 0 Å². The van der Waals surface area contributed by atoms with Crippen LogP contribution in [0.5, 0.6) is 0 Å². The standard InChI is InChI=1S/C27H33N3O3/c1-17(2)15-30(16-18(3)4)25-10-9-21(22-13-23(22)27(32)33)12-24(25)29-26(31)11-19-5-7-20(14-28)8-6-19/h5-10,12,17-18,22-23H,11,13,15-16H2,1-4H3,(H,29,31)(H,32,33). The average Bonchev–Trinajstić information content (AvgIpc) is 3.54. The summed E-state index contributed by atoms with van der Waals surface area (Å²) < 4.78 is 0. The molecule has 0 aliphatic heterocycles. The Balaban J connectivity index is 1.88. The van der Waals surface area contributed by atoms with Gasteiger partial charge in [-0.05, 0) is 59.6 Å². The van der Waals surface area contributed by atoms with Gasteiger partial charge in [0.05, 0.1) is 35.3 Å². The van der Waals surface area contributed by atoms with Crippen LogP contribution in [0.15, 0.2) is 42.5 Å². The van der Waals surface area contributed by atoms with Crippen molar-refractivity contribution in [3.05, 3.63) is 59.2 Å². The second-order valence-electron chi connectivity index (χ2n) is 9.79. The van der Waals surface area contributed by atoms with Gasteiger partial charge in [0, 0.05) is 13.1 Å². The molecular formula is C27H33N3O3. The minimum atomic E-state index is -0.767. The third-order valence-corrected chi connectivity index (χ3v) is 5.79. The van der Waals surface area contributed by atoms with Crippen LogP contribution in [0, 0.1) is 29.1 Å². The average molecular weight is 448 g/mol. The third kappa shape index (κ3) is 6.58. The van der Waals surface area contributed by atoms with E-state index in [1.807, 2.05) is 18.2 Å². The Kier molecular flexibility index (Phi) is 7.75. The number of aliphatic carboxylic acids is 1. The van der Waals surface area contributed by atoms with Crippen molar-refractivity contribution >= 4 is 23.3 Å². The number of nitrogens with one attached hydrogen (secondary N) is 1. The van der Waals surface area contributed by atoms with Gasteiger partial charge in [0.1, 0.15) is 0 Å². The maximum Gasteiger partial charge on any atom is 0.307 e. The highest BCUT2D eigenvalue weighted by Gasteiger charge is 2.44. The summed E-state index contributed by atoms with van der Waals surface area (Å²) in [5, 5.41) is 21.4. The van der Waals surface area contributed by atoms with Crippen molar-refractivity contribution in [1.29, 1.82) is 5.26 Å². The quantitative estimate of drug-likeness (QED) is 0.532. The molecule has 1 aliphatic rings. The highest BCUT2D eigenvalue weighted by atomic mass is 16.4. The SMILES string of the molecule is CC(C)CN(CC(C)C)c1ccc(C2CC2C(=O)O)cc1NC(=O)Cc1ccc(C#N)cc1. The highest BCUT2D eigenvalue weighted by molar-refractivity contribution is 5.96. The molecule has 1 aliphatic carbocycles. The van der Waals surface area contributed by atoms with E-state index in [0.717, 1.165) is 35.6 Å². The monoisotopic (exact) mass is 447 g/mol. The predicted octanol–water partition coefficient (Wildman–Crippen LogP) is 5.05. The topological polar surface area (TPSA) is 93.4 Å². The molecule has 2 atom stereocenters. The Labute approximate surface area is 196 Å². The predicted molar refractivity (Wildman–Crippen MR) is 130 cm³/mol.